The van der Waals surface area contributed by atoms with Gasteiger partial charge in [0, 0.05) is 23.1 Å². The summed E-state index contributed by atoms with van der Waals surface area (Å²) >= 11 is 0. The van der Waals surface area contributed by atoms with Crippen LogP contribution in [-0.4, -0.2) is 27.1 Å². The van der Waals surface area contributed by atoms with E-state index in [1.165, 1.54) is 10.9 Å². The summed E-state index contributed by atoms with van der Waals surface area (Å²) in [7, 11) is 1.56. The standard InChI is InChI=1S/C23H22N4O3/c1-15-16(2)27(18-9-5-4-6-10-18)22-21(15)23(29)26(14-24-22)13-20(28)25-17-8-7-11-19(12-17)30-3/h4-12,14H,13H2,1-3H3,(H,25,28). The molecule has 1 amide bonds. The maximum absolute atomic E-state index is 13.1. The van der Waals surface area contributed by atoms with Crippen LogP contribution in [0.3, 0.4) is 0 Å². The average Bonchev–Trinajstić information content (AvgIpc) is 3.01. The van der Waals surface area contributed by atoms with Crippen LogP contribution < -0.4 is 15.6 Å². The second-order valence-electron chi connectivity index (χ2n) is 7.04. The minimum atomic E-state index is -0.316. The van der Waals surface area contributed by atoms with E-state index >= 15 is 0 Å². The Hall–Kier alpha value is -3.87. The van der Waals surface area contributed by atoms with Crippen molar-refractivity contribution in [2.24, 2.45) is 0 Å². The lowest BCUT2D eigenvalue weighted by atomic mass is 10.2. The molecule has 0 aliphatic heterocycles. The molecule has 7 nitrogen and oxygen atoms in total. The maximum atomic E-state index is 13.1. The number of nitrogens with one attached hydrogen (secondary N) is 1. The fraction of sp³-hybridized carbons (Fsp3) is 0.174. The lowest BCUT2D eigenvalue weighted by Gasteiger charge is -2.09. The molecule has 4 aromatic rings. The number of ether oxygens (including phenoxy) is 1. The summed E-state index contributed by atoms with van der Waals surface area (Å²) < 4.78 is 8.46. The van der Waals surface area contributed by atoms with E-state index in [-0.39, 0.29) is 18.0 Å². The van der Waals surface area contributed by atoms with Crippen molar-refractivity contribution in [2.75, 3.05) is 12.4 Å². The highest BCUT2D eigenvalue weighted by atomic mass is 16.5. The van der Waals surface area contributed by atoms with Gasteiger partial charge in [0.25, 0.3) is 5.56 Å². The normalized spacial score (nSPS) is 10.9. The van der Waals surface area contributed by atoms with E-state index in [9.17, 15) is 9.59 Å². The topological polar surface area (TPSA) is 78.2 Å². The molecule has 0 saturated heterocycles. The fourth-order valence-corrected chi connectivity index (χ4v) is 3.55. The third-order valence-corrected chi connectivity index (χ3v) is 5.16. The summed E-state index contributed by atoms with van der Waals surface area (Å²) in [5.41, 5.74) is 3.69. The minimum Gasteiger partial charge on any atom is -0.497 e. The third-order valence-electron chi connectivity index (χ3n) is 5.16. The van der Waals surface area contributed by atoms with Crippen LogP contribution in [0.1, 0.15) is 11.3 Å². The second kappa shape index (κ2) is 7.87. The predicted molar refractivity (Wildman–Crippen MR) is 116 cm³/mol. The summed E-state index contributed by atoms with van der Waals surface area (Å²) in [6, 6.07) is 16.8. The first kappa shape index (κ1) is 19.4. The zero-order valence-electron chi connectivity index (χ0n) is 17.0. The summed E-state index contributed by atoms with van der Waals surface area (Å²) in [6.07, 6.45) is 1.42. The number of carbonyl (C=O) groups excluding carboxylic acids is 1. The van der Waals surface area contributed by atoms with Gasteiger partial charge in [-0.2, -0.15) is 0 Å². The van der Waals surface area contributed by atoms with E-state index in [1.54, 1.807) is 31.4 Å². The third kappa shape index (κ3) is 3.45. The van der Waals surface area contributed by atoms with Gasteiger partial charge >= 0.3 is 0 Å². The molecule has 2 aromatic heterocycles. The number of carbonyl (C=O) groups is 1. The van der Waals surface area contributed by atoms with E-state index in [0.29, 0.717) is 22.5 Å². The number of aromatic nitrogens is 3. The predicted octanol–water partition coefficient (Wildman–Crippen LogP) is 3.45. The molecule has 152 valence electrons. The monoisotopic (exact) mass is 402 g/mol. The Labute approximate surface area is 173 Å². The molecule has 0 aliphatic carbocycles. The zero-order chi connectivity index (χ0) is 21.3. The average molecular weight is 402 g/mol. The van der Waals surface area contributed by atoms with Gasteiger partial charge in [0.05, 0.1) is 12.5 Å². The van der Waals surface area contributed by atoms with Crippen molar-refractivity contribution in [2.45, 2.75) is 20.4 Å². The van der Waals surface area contributed by atoms with Gasteiger partial charge < -0.3 is 10.1 Å². The first-order chi connectivity index (χ1) is 14.5. The van der Waals surface area contributed by atoms with Gasteiger partial charge in [-0.05, 0) is 43.7 Å². The number of amides is 1. The quantitative estimate of drug-likeness (QED) is 0.555. The lowest BCUT2D eigenvalue weighted by Crippen LogP contribution is -2.28. The summed E-state index contributed by atoms with van der Waals surface area (Å²) in [6.45, 7) is 3.73. The molecule has 0 aliphatic rings. The first-order valence-corrected chi connectivity index (χ1v) is 9.56. The number of hydrogen-bond acceptors (Lipinski definition) is 4. The Morgan fingerprint density at radius 1 is 1.10 bits per heavy atom. The van der Waals surface area contributed by atoms with Gasteiger partial charge in [-0.15, -0.1) is 0 Å². The summed E-state index contributed by atoms with van der Waals surface area (Å²) in [5.74, 6) is 0.324. The van der Waals surface area contributed by atoms with Crippen LogP contribution in [0.4, 0.5) is 5.69 Å². The molecule has 0 saturated carbocycles. The molecule has 0 unspecified atom stereocenters. The van der Waals surface area contributed by atoms with Gasteiger partial charge in [-0.25, -0.2) is 4.98 Å². The Bertz CT molecular complexity index is 1290. The van der Waals surface area contributed by atoms with Crippen LogP contribution in [0.25, 0.3) is 16.7 Å². The molecule has 30 heavy (non-hydrogen) atoms. The van der Waals surface area contributed by atoms with Crippen LogP contribution >= 0.6 is 0 Å². The molecule has 0 spiro atoms. The first-order valence-electron chi connectivity index (χ1n) is 9.56. The van der Waals surface area contributed by atoms with Crippen molar-refractivity contribution in [3.8, 4) is 11.4 Å². The van der Waals surface area contributed by atoms with E-state index in [4.69, 9.17) is 4.74 Å². The maximum Gasteiger partial charge on any atom is 0.263 e. The number of benzene rings is 2. The molecule has 7 heteroatoms. The molecule has 2 aromatic carbocycles. The second-order valence-corrected chi connectivity index (χ2v) is 7.04. The zero-order valence-corrected chi connectivity index (χ0v) is 17.0. The highest BCUT2D eigenvalue weighted by Crippen LogP contribution is 2.24. The van der Waals surface area contributed by atoms with Gasteiger partial charge in [-0.1, -0.05) is 24.3 Å². The van der Waals surface area contributed by atoms with E-state index in [2.05, 4.69) is 10.3 Å². The molecule has 2 heterocycles. The molecule has 0 bridgehead atoms. The Balaban J connectivity index is 1.68. The van der Waals surface area contributed by atoms with Gasteiger partial charge in [0.15, 0.2) is 5.65 Å². The number of fused-ring (bicyclic) bond motifs is 1. The molecule has 4 rings (SSSR count). The van der Waals surface area contributed by atoms with Gasteiger partial charge in [-0.3, -0.25) is 18.7 Å². The number of anilines is 1. The molecule has 1 N–H and O–H groups in total. The highest BCUT2D eigenvalue weighted by molar-refractivity contribution is 5.91. The number of hydrogen-bond donors (Lipinski definition) is 1. The molecule has 0 atom stereocenters. The smallest absolute Gasteiger partial charge is 0.263 e. The van der Waals surface area contributed by atoms with Crippen molar-refractivity contribution in [3.05, 3.63) is 82.5 Å². The molecular formula is C23H22N4O3. The lowest BCUT2D eigenvalue weighted by molar-refractivity contribution is -0.116. The van der Waals surface area contributed by atoms with E-state index < -0.39 is 0 Å². The number of aryl methyl sites for hydroxylation is 1. The largest absolute Gasteiger partial charge is 0.497 e. The van der Waals surface area contributed by atoms with Crippen molar-refractivity contribution in [1.29, 1.82) is 0 Å². The minimum absolute atomic E-state index is 0.131. The van der Waals surface area contributed by atoms with Crippen LogP contribution in [0.15, 0.2) is 65.7 Å². The van der Waals surface area contributed by atoms with Crippen LogP contribution in [0.2, 0.25) is 0 Å². The van der Waals surface area contributed by atoms with Gasteiger partial charge in [0.2, 0.25) is 5.91 Å². The van der Waals surface area contributed by atoms with Crippen LogP contribution in [0, 0.1) is 13.8 Å². The summed E-state index contributed by atoms with van der Waals surface area (Å²) in [5, 5.41) is 3.31. The van der Waals surface area contributed by atoms with Crippen molar-refractivity contribution in [1.82, 2.24) is 14.1 Å². The van der Waals surface area contributed by atoms with Crippen molar-refractivity contribution < 1.29 is 9.53 Å². The molecule has 0 fully saturated rings. The number of rotatable bonds is 5. The number of para-hydroxylation sites is 1. The van der Waals surface area contributed by atoms with Gasteiger partial charge in [0.1, 0.15) is 18.6 Å². The van der Waals surface area contributed by atoms with Crippen LogP contribution in [0.5, 0.6) is 5.75 Å². The van der Waals surface area contributed by atoms with E-state index in [1.807, 2.05) is 48.7 Å². The number of nitrogens with zero attached hydrogens (tertiary/aromatic N) is 3. The molecule has 0 radical (unpaired) electrons. The Morgan fingerprint density at radius 2 is 1.87 bits per heavy atom. The fourth-order valence-electron chi connectivity index (χ4n) is 3.55. The van der Waals surface area contributed by atoms with E-state index in [0.717, 1.165) is 16.9 Å². The number of methoxy groups -OCH3 is 1. The Morgan fingerprint density at radius 3 is 2.60 bits per heavy atom. The molecular weight excluding hydrogens is 380 g/mol. The SMILES string of the molecule is COc1cccc(NC(=O)Cn2cnc3c(c(C)c(C)n3-c3ccccc3)c2=O)c1. The van der Waals surface area contributed by atoms with Crippen LogP contribution in [-0.2, 0) is 11.3 Å². The Kier molecular flexibility index (Phi) is 5.10. The van der Waals surface area contributed by atoms with Crippen molar-refractivity contribution >= 4 is 22.6 Å². The highest BCUT2D eigenvalue weighted by Gasteiger charge is 2.18. The summed E-state index contributed by atoms with van der Waals surface area (Å²) in [4.78, 5) is 30.2. The van der Waals surface area contributed by atoms with Crippen molar-refractivity contribution in [3.63, 3.8) is 0 Å².